The van der Waals surface area contributed by atoms with Crippen molar-refractivity contribution in [3.8, 4) is 0 Å². The first-order valence-electron chi connectivity index (χ1n) is 4.56. The monoisotopic (exact) mass is 247 g/mol. The number of rotatable bonds is 2. The van der Waals surface area contributed by atoms with Gasteiger partial charge in [-0.05, 0) is 31.9 Å². The van der Waals surface area contributed by atoms with Crippen molar-refractivity contribution < 1.29 is 8.42 Å². The second kappa shape index (κ2) is 3.77. The highest BCUT2D eigenvalue weighted by molar-refractivity contribution is 7.93. The Morgan fingerprint density at radius 1 is 1.20 bits per heavy atom. The highest BCUT2D eigenvalue weighted by Crippen LogP contribution is 2.41. The molecule has 0 aliphatic heterocycles. The van der Waals surface area contributed by atoms with Gasteiger partial charge in [0.2, 0.25) is 0 Å². The zero-order valence-corrected chi connectivity index (χ0v) is 10.1. The van der Waals surface area contributed by atoms with Gasteiger partial charge in [0.1, 0.15) is 4.87 Å². The molecule has 0 atom stereocenters. The maximum atomic E-state index is 11.9. The first-order chi connectivity index (χ1) is 6.46. The summed E-state index contributed by atoms with van der Waals surface area (Å²) in [6.07, 6.45) is 1.15. The summed E-state index contributed by atoms with van der Waals surface area (Å²) in [6.45, 7) is 1.92. The minimum atomic E-state index is -3.30. The summed E-state index contributed by atoms with van der Waals surface area (Å²) in [7, 11) is -3.30. The van der Waals surface area contributed by atoms with Gasteiger partial charge in [-0.25, -0.2) is 8.42 Å². The highest BCUT2D eigenvalue weighted by Gasteiger charge is 2.51. The molecular weight excluding hydrogens is 234 g/mol. The average molecular weight is 248 g/mol. The lowest BCUT2D eigenvalue weighted by Gasteiger charge is -2.10. The Hall–Kier alpha value is -0.580. The van der Waals surface area contributed by atoms with E-state index in [9.17, 15) is 8.42 Å². The van der Waals surface area contributed by atoms with Crippen molar-refractivity contribution in [3.63, 3.8) is 0 Å². The molecule has 5 heteroatoms. The summed E-state index contributed by atoms with van der Waals surface area (Å²) < 4.78 is 23.8. The van der Waals surface area contributed by atoms with E-state index >= 15 is 0 Å². The minimum Gasteiger partial charge on any atom is -0.312 e. The number of hydrogen-bond acceptors (Lipinski definition) is 3. The van der Waals surface area contributed by atoms with Crippen LogP contribution < -0.4 is 5.73 Å². The highest BCUT2D eigenvalue weighted by atomic mass is 35.5. The molecule has 1 aromatic rings. The van der Waals surface area contributed by atoms with Crippen LogP contribution >= 0.6 is 12.4 Å². The smallest absolute Gasteiger partial charge is 0.196 e. The van der Waals surface area contributed by atoms with Crippen LogP contribution in [0.4, 0.5) is 0 Å². The van der Waals surface area contributed by atoms with Gasteiger partial charge in [-0.15, -0.1) is 12.4 Å². The third-order valence-corrected chi connectivity index (χ3v) is 4.98. The Kier molecular flexibility index (Phi) is 3.14. The van der Waals surface area contributed by atoms with Gasteiger partial charge in [0.25, 0.3) is 0 Å². The maximum Gasteiger partial charge on any atom is 0.196 e. The topological polar surface area (TPSA) is 60.2 Å². The third kappa shape index (κ3) is 2.02. The number of benzene rings is 1. The summed E-state index contributed by atoms with van der Waals surface area (Å²) in [5, 5.41) is 0. The zero-order valence-electron chi connectivity index (χ0n) is 8.43. The van der Waals surface area contributed by atoms with Crippen LogP contribution in [0.25, 0.3) is 0 Å². The third-order valence-electron chi connectivity index (χ3n) is 2.61. The number of sulfone groups is 1. The fraction of sp³-hybridized carbons (Fsp3) is 0.400. The summed E-state index contributed by atoms with van der Waals surface area (Å²) >= 11 is 0. The number of hydrogen-bond donors (Lipinski definition) is 1. The molecule has 1 saturated carbocycles. The molecule has 1 aliphatic rings. The van der Waals surface area contributed by atoms with E-state index < -0.39 is 14.7 Å². The standard InChI is InChI=1S/C10H13NO2S.ClH/c1-8-2-4-9(5-3-8)14(12,13)10(11)6-7-10;/h2-5H,6-7,11H2,1H3;1H. The first kappa shape index (κ1) is 12.5. The second-order valence-electron chi connectivity index (χ2n) is 3.88. The maximum absolute atomic E-state index is 11.9. The summed E-state index contributed by atoms with van der Waals surface area (Å²) in [4.78, 5) is -0.648. The van der Waals surface area contributed by atoms with Crippen molar-refractivity contribution >= 4 is 22.2 Å². The molecule has 0 heterocycles. The van der Waals surface area contributed by atoms with Gasteiger partial charge >= 0.3 is 0 Å². The van der Waals surface area contributed by atoms with Crippen LogP contribution in [-0.2, 0) is 9.84 Å². The molecule has 2 N–H and O–H groups in total. The van der Waals surface area contributed by atoms with Crippen molar-refractivity contribution in [2.45, 2.75) is 29.5 Å². The van der Waals surface area contributed by atoms with E-state index in [0.717, 1.165) is 5.56 Å². The van der Waals surface area contributed by atoms with E-state index in [-0.39, 0.29) is 12.4 Å². The Balaban J connectivity index is 0.00000112. The van der Waals surface area contributed by atoms with Gasteiger partial charge in [-0.3, -0.25) is 0 Å². The lowest BCUT2D eigenvalue weighted by molar-refractivity contribution is 0.579. The van der Waals surface area contributed by atoms with Crippen LogP contribution in [0.15, 0.2) is 29.2 Å². The molecule has 0 bridgehead atoms. The van der Waals surface area contributed by atoms with E-state index in [0.29, 0.717) is 17.7 Å². The number of aryl methyl sites for hydroxylation is 1. The fourth-order valence-corrected chi connectivity index (χ4v) is 2.95. The van der Waals surface area contributed by atoms with E-state index in [2.05, 4.69) is 0 Å². The average Bonchev–Trinajstić information content (AvgIpc) is 2.86. The van der Waals surface area contributed by atoms with Crippen molar-refractivity contribution in [1.82, 2.24) is 0 Å². The van der Waals surface area contributed by atoms with Gasteiger partial charge in [0, 0.05) is 0 Å². The van der Waals surface area contributed by atoms with E-state index in [1.165, 1.54) is 0 Å². The van der Waals surface area contributed by atoms with Crippen molar-refractivity contribution in [3.05, 3.63) is 29.8 Å². The van der Waals surface area contributed by atoms with Crippen LogP contribution in [0.2, 0.25) is 0 Å². The van der Waals surface area contributed by atoms with Gasteiger partial charge < -0.3 is 5.73 Å². The van der Waals surface area contributed by atoms with Crippen molar-refractivity contribution in [2.75, 3.05) is 0 Å². The molecule has 2 rings (SSSR count). The van der Waals surface area contributed by atoms with Crippen LogP contribution in [0, 0.1) is 6.92 Å². The predicted molar refractivity (Wildman–Crippen MR) is 61.8 cm³/mol. The van der Waals surface area contributed by atoms with E-state index in [1.807, 2.05) is 6.92 Å². The normalized spacial score (nSPS) is 18.0. The van der Waals surface area contributed by atoms with E-state index in [1.54, 1.807) is 24.3 Å². The molecule has 0 spiro atoms. The summed E-state index contributed by atoms with van der Waals surface area (Å²) in [5.74, 6) is 0. The predicted octanol–water partition coefficient (Wildman–Crippen LogP) is 1.64. The Bertz CT molecular complexity index is 449. The Labute approximate surface area is 96.0 Å². The molecule has 1 fully saturated rings. The molecule has 0 amide bonds. The lowest BCUT2D eigenvalue weighted by atomic mass is 10.2. The molecule has 15 heavy (non-hydrogen) atoms. The van der Waals surface area contributed by atoms with Gasteiger partial charge in [-0.1, -0.05) is 17.7 Å². The molecule has 0 saturated heterocycles. The van der Waals surface area contributed by atoms with E-state index in [4.69, 9.17) is 5.73 Å². The largest absolute Gasteiger partial charge is 0.312 e. The molecule has 1 aliphatic carbocycles. The summed E-state index contributed by atoms with van der Waals surface area (Å²) in [5.41, 5.74) is 6.75. The molecular formula is C10H14ClNO2S. The minimum absolute atomic E-state index is 0. The number of halogens is 1. The molecule has 0 radical (unpaired) electrons. The molecule has 3 nitrogen and oxygen atoms in total. The fourth-order valence-electron chi connectivity index (χ4n) is 1.34. The van der Waals surface area contributed by atoms with Crippen LogP contribution in [0.1, 0.15) is 18.4 Å². The van der Waals surface area contributed by atoms with Gasteiger partial charge in [0.05, 0.1) is 4.90 Å². The lowest BCUT2D eigenvalue weighted by Crippen LogP contribution is -2.32. The Morgan fingerprint density at radius 2 is 1.67 bits per heavy atom. The first-order valence-corrected chi connectivity index (χ1v) is 6.04. The van der Waals surface area contributed by atoms with Gasteiger partial charge in [-0.2, -0.15) is 0 Å². The SMILES string of the molecule is Cc1ccc(S(=O)(=O)C2(N)CC2)cc1.Cl. The summed E-state index contributed by atoms with van der Waals surface area (Å²) in [6, 6.07) is 6.83. The Morgan fingerprint density at radius 3 is 2.07 bits per heavy atom. The van der Waals surface area contributed by atoms with Crippen molar-refractivity contribution in [1.29, 1.82) is 0 Å². The van der Waals surface area contributed by atoms with Crippen LogP contribution in [-0.4, -0.2) is 13.3 Å². The molecule has 84 valence electrons. The molecule has 0 aromatic heterocycles. The van der Waals surface area contributed by atoms with Crippen molar-refractivity contribution in [2.24, 2.45) is 5.73 Å². The van der Waals surface area contributed by atoms with Crippen LogP contribution in [0.5, 0.6) is 0 Å². The molecule has 1 aromatic carbocycles. The second-order valence-corrected chi connectivity index (χ2v) is 6.17. The van der Waals surface area contributed by atoms with Gasteiger partial charge in [0.15, 0.2) is 9.84 Å². The number of nitrogens with two attached hydrogens (primary N) is 1. The molecule has 0 unspecified atom stereocenters. The zero-order chi connectivity index (χ0) is 10.4. The quantitative estimate of drug-likeness (QED) is 0.864. The van der Waals surface area contributed by atoms with Crippen LogP contribution in [0.3, 0.4) is 0 Å².